The number of hydrogen-bond donors (Lipinski definition) is 0. The van der Waals surface area contributed by atoms with Crippen LogP contribution in [-0.4, -0.2) is 23.8 Å². The molecule has 2 aromatic carbocycles. The summed E-state index contributed by atoms with van der Waals surface area (Å²) < 4.78 is 4.81. The van der Waals surface area contributed by atoms with Crippen LogP contribution in [0, 0.1) is 13.8 Å². The number of aromatic nitrogens is 1. The Bertz CT molecular complexity index is 1010. The molecule has 4 heteroatoms. The third kappa shape index (κ3) is 4.52. The number of pyridine rings is 1. The summed E-state index contributed by atoms with van der Waals surface area (Å²) in [4.78, 5) is 28.3. The second-order valence-corrected chi connectivity index (χ2v) is 6.91. The lowest BCUT2D eigenvalue weighted by Gasteiger charge is -2.10. The van der Waals surface area contributed by atoms with Crippen LogP contribution in [0.4, 0.5) is 0 Å². The summed E-state index contributed by atoms with van der Waals surface area (Å²) in [5.74, 6) is -0.180. The van der Waals surface area contributed by atoms with Crippen LogP contribution in [-0.2, 0) is 22.4 Å². The molecule has 1 aromatic heterocycles. The summed E-state index contributed by atoms with van der Waals surface area (Å²) in [6.07, 6.45) is 4.30. The number of Topliss-reactive ketones (excluding diaryl/α,β-unsaturated/α-hetero) is 1. The number of methoxy groups -OCH3 is 1. The lowest BCUT2D eigenvalue weighted by molar-refractivity contribution is -0.117. The zero-order chi connectivity index (χ0) is 20.1. The Morgan fingerprint density at radius 3 is 2.36 bits per heavy atom. The van der Waals surface area contributed by atoms with Crippen molar-refractivity contribution in [2.24, 2.45) is 0 Å². The molecule has 0 radical (unpaired) electrons. The average molecular weight is 373 g/mol. The van der Waals surface area contributed by atoms with Crippen LogP contribution in [0.15, 0.2) is 60.9 Å². The minimum absolute atomic E-state index is 0.172. The number of carbonyl (C=O) groups is 2. The first-order valence-corrected chi connectivity index (χ1v) is 9.17. The standard InChI is InChI=1S/C24H23NO3/c1-16-4-7-21(24(27)28-3)14-23(16)19-8-5-18(6-9-19)12-22(26)13-20-10-11-25-15-17(20)2/h4-11,14-15H,12-13H2,1-3H3. The molecule has 0 bridgehead atoms. The third-order valence-corrected chi connectivity index (χ3v) is 4.85. The van der Waals surface area contributed by atoms with Crippen LogP contribution in [0.25, 0.3) is 11.1 Å². The van der Waals surface area contributed by atoms with Crippen molar-refractivity contribution in [3.8, 4) is 11.1 Å². The molecular weight excluding hydrogens is 350 g/mol. The van der Waals surface area contributed by atoms with Gasteiger partial charge in [0.25, 0.3) is 0 Å². The highest BCUT2D eigenvalue weighted by Gasteiger charge is 2.11. The van der Waals surface area contributed by atoms with Crippen LogP contribution in [0.5, 0.6) is 0 Å². The first kappa shape index (κ1) is 19.5. The van der Waals surface area contributed by atoms with Crippen LogP contribution < -0.4 is 0 Å². The fourth-order valence-corrected chi connectivity index (χ4v) is 3.18. The Labute approximate surface area is 165 Å². The molecule has 0 aliphatic carbocycles. The molecule has 0 unspecified atom stereocenters. The van der Waals surface area contributed by atoms with E-state index in [1.54, 1.807) is 18.5 Å². The molecule has 0 saturated heterocycles. The normalized spacial score (nSPS) is 10.5. The first-order chi connectivity index (χ1) is 13.5. The topological polar surface area (TPSA) is 56.3 Å². The first-order valence-electron chi connectivity index (χ1n) is 9.17. The van der Waals surface area contributed by atoms with Gasteiger partial charge in [-0.3, -0.25) is 9.78 Å². The lowest BCUT2D eigenvalue weighted by atomic mass is 9.95. The van der Waals surface area contributed by atoms with E-state index in [0.29, 0.717) is 18.4 Å². The summed E-state index contributed by atoms with van der Waals surface area (Å²) in [6.45, 7) is 3.97. The van der Waals surface area contributed by atoms with Crippen molar-refractivity contribution in [3.63, 3.8) is 0 Å². The molecule has 0 atom stereocenters. The van der Waals surface area contributed by atoms with Gasteiger partial charge in [0, 0.05) is 25.2 Å². The van der Waals surface area contributed by atoms with Crippen LogP contribution in [0.3, 0.4) is 0 Å². The fraction of sp³-hybridized carbons (Fsp3) is 0.208. The summed E-state index contributed by atoms with van der Waals surface area (Å²) in [5, 5.41) is 0. The molecule has 0 fully saturated rings. The van der Waals surface area contributed by atoms with Crippen molar-refractivity contribution in [2.45, 2.75) is 26.7 Å². The van der Waals surface area contributed by atoms with E-state index in [1.165, 1.54) is 7.11 Å². The zero-order valence-electron chi connectivity index (χ0n) is 16.4. The summed E-state index contributed by atoms with van der Waals surface area (Å²) >= 11 is 0. The maximum atomic E-state index is 12.4. The van der Waals surface area contributed by atoms with Crippen molar-refractivity contribution >= 4 is 11.8 Å². The maximum Gasteiger partial charge on any atom is 0.337 e. The molecular formula is C24H23NO3. The number of aryl methyl sites for hydroxylation is 2. The molecule has 3 aromatic rings. The van der Waals surface area contributed by atoms with Crippen molar-refractivity contribution in [1.82, 2.24) is 4.98 Å². The van der Waals surface area contributed by atoms with Gasteiger partial charge in [0.1, 0.15) is 5.78 Å². The Morgan fingerprint density at radius 2 is 1.68 bits per heavy atom. The van der Waals surface area contributed by atoms with Gasteiger partial charge in [-0.1, -0.05) is 30.3 Å². The van der Waals surface area contributed by atoms with E-state index in [2.05, 4.69) is 4.98 Å². The molecule has 0 aliphatic heterocycles. The van der Waals surface area contributed by atoms with Crippen LogP contribution in [0.1, 0.15) is 32.6 Å². The Kier molecular flexibility index (Phi) is 5.99. The Morgan fingerprint density at radius 1 is 0.929 bits per heavy atom. The van der Waals surface area contributed by atoms with Crippen molar-refractivity contribution in [1.29, 1.82) is 0 Å². The van der Waals surface area contributed by atoms with E-state index < -0.39 is 0 Å². The number of ether oxygens (including phenoxy) is 1. The molecule has 0 saturated carbocycles. The van der Waals surface area contributed by atoms with E-state index in [1.807, 2.05) is 56.3 Å². The van der Waals surface area contributed by atoms with Crippen LogP contribution in [0.2, 0.25) is 0 Å². The van der Waals surface area contributed by atoms with Gasteiger partial charge in [-0.25, -0.2) is 4.79 Å². The number of benzene rings is 2. The van der Waals surface area contributed by atoms with Gasteiger partial charge >= 0.3 is 5.97 Å². The fourth-order valence-electron chi connectivity index (χ4n) is 3.18. The molecule has 3 rings (SSSR count). The smallest absolute Gasteiger partial charge is 0.337 e. The monoisotopic (exact) mass is 373 g/mol. The number of esters is 1. The zero-order valence-corrected chi connectivity index (χ0v) is 16.4. The van der Waals surface area contributed by atoms with E-state index in [0.717, 1.165) is 33.4 Å². The SMILES string of the molecule is COC(=O)c1ccc(C)c(-c2ccc(CC(=O)Cc3ccncc3C)cc2)c1. The molecule has 4 nitrogen and oxygen atoms in total. The number of rotatable bonds is 6. The predicted octanol–water partition coefficient (Wildman–Crippen LogP) is 4.51. The molecule has 0 amide bonds. The average Bonchev–Trinajstić information content (AvgIpc) is 2.70. The molecule has 0 N–H and O–H groups in total. The second-order valence-electron chi connectivity index (χ2n) is 6.91. The van der Waals surface area contributed by atoms with Gasteiger partial charge in [0.2, 0.25) is 0 Å². The minimum Gasteiger partial charge on any atom is -0.465 e. The largest absolute Gasteiger partial charge is 0.465 e. The van der Waals surface area contributed by atoms with E-state index in [4.69, 9.17) is 4.74 Å². The second kappa shape index (κ2) is 8.61. The highest BCUT2D eigenvalue weighted by atomic mass is 16.5. The van der Waals surface area contributed by atoms with Gasteiger partial charge in [0.05, 0.1) is 12.7 Å². The molecule has 142 valence electrons. The Balaban J connectivity index is 1.74. The maximum absolute atomic E-state index is 12.4. The minimum atomic E-state index is -0.352. The molecule has 1 heterocycles. The lowest BCUT2D eigenvalue weighted by Crippen LogP contribution is -2.07. The highest BCUT2D eigenvalue weighted by Crippen LogP contribution is 2.25. The molecule has 0 spiro atoms. The number of hydrogen-bond acceptors (Lipinski definition) is 4. The van der Waals surface area contributed by atoms with Gasteiger partial charge < -0.3 is 4.74 Å². The summed E-state index contributed by atoms with van der Waals surface area (Å²) in [7, 11) is 1.38. The molecule has 28 heavy (non-hydrogen) atoms. The summed E-state index contributed by atoms with van der Waals surface area (Å²) in [6, 6.07) is 15.3. The molecule has 0 aliphatic rings. The van der Waals surface area contributed by atoms with Crippen molar-refractivity contribution < 1.29 is 14.3 Å². The Hall–Kier alpha value is -3.27. The third-order valence-electron chi connectivity index (χ3n) is 4.85. The van der Waals surface area contributed by atoms with Crippen LogP contribution >= 0.6 is 0 Å². The van der Waals surface area contributed by atoms with Gasteiger partial charge in [-0.2, -0.15) is 0 Å². The van der Waals surface area contributed by atoms with Gasteiger partial charge in [0.15, 0.2) is 0 Å². The quantitative estimate of drug-likeness (QED) is 0.597. The van der Waals surface area contributed by atoms with Crippen molar-refractivity contribution in [2.75, 3.05) is 7.11 Å². The highest BCUT2D eigenvalue weighted by molar-refractivity contribution is 5.91. The van der Waals surface area contributed by atoms with E-state index in [-0.39, 0.29) is 11.8 Å². The van der Waals surface area contributed by atoms with E-state index >= 15 is 0 Å². The van der Waals surface area contributed by atoms with Crippen molar-refractivity contribution in [3.05, 3.63) is 88.7 Å². The van der Waals surface area contributed by atoms with Gasteiger partial charge in [-0.05, 0) is 65.4 Å². The van der Waals surface area contributed by atoms with Gasteiger partial charge in [-0.15, -0.1) is 0 Å². The number of nitrogens with zero attached hydrogens (tertiary/aromatic N) is 1. The predicted molar refractivity (Wildman–Crippen MR) is 109 cm³/mol. The summed E-state index contributed by atoms with van der Waals surface area (Å²) in [5.41, 5.74) is 6.61. The number of carbonyl (C=O) groups excluding carboxylic acids is 2. The van der Waals surface area contributed by atoms with E-state index in [9.17, 15) is 9.59 Å². The number of ketones is 1.